The molecule has 0 spiro atoms. The number of rotatable bonds is 2. The van der Waals surface area contributed by atoms with Gasteiger partial charge in [-0.1, -0.05) is 42.0 Å². The number of ether oxygens (including phenoxy) is 1. The minimum absolute atomic E-state index is 0.247. The van der Waals surface area contributed by atoms with E-state index >= 15 is 0 Å². The number of fused-ring (bicyclic) bond motifs is 3. The van der Waals surface area contributed by atoms with Crippen LogP contribution in [-0.4, -0.2) is 18.5 Å². The van der Waals surface area contributed by atoms with E-state index in [1.54, 1.807) is 6.92 Å². The van der Waals surface area contributed by atoms with Crippen LogP contribution < -0.4 is 5.32 Å². The summed E-state index contributed by atoms with van der Waals surface area (Å²) in [6, 6.07) is 13.4. The standard InChI is InChI=1S/C18H17NO3/c1-3-22-18(21)16-14-10-11(2)8-9-12(14)13-6-4-5-7-15(13)19-17(16)20/h4-10,16H,3H2,1-2H3,(H,19,20). The summed E-state index contributed by atoms with van der Waals surface area (Å²) in [6.45, 7) is 3.92. The van der Waals surface area contributed by atoms with E-state index in [1.165, 1.54) is 0 Å². The number of hydrogen-bond donors (Lipinski definition) is 1. The highest BCUT2D eigenvalue weighted by Crippen LogP contribution is 2.38. The lowest BCUT2D eigenvalue weighted by molar-refractivity contribution is -0.147. The summed E-state index contributed by atoms with van der Waals surface area (Å²) in [6.07, 6.45) is 0. The maximum absolute atomic E-state index is 12.6. The Kier molecular flexibility index (Phi) is 3.67. The molecule has 112 valence electrons. The molecule has 2 aromatic rings. The van der Waals surface area contributed by atoms with Gasteiger partial charge in [-0.2, -0.15) is 0 Å². The van der Waals surface area contributed by atoms with E-state index < -0.39 is 11.9 Å². The van der Waals surface area contributed by atoms with Crippen LogP contribution in [0.15, 0.2) is 42.5 Å². The van der Waals surface area contributed by atoms with Gasteiger partial charge in [0.25, 0.3) is 0 Å². The van der Waals surface area contributed by atoms with Gasteiger partial charge >= 0.3 is 5.97 Å². The van der Waals surface area contributed by atoms with Crippen LogP contribution >= 0.6 is 0 Å². The first-order valence-electron chi connectivity index (χ1n) is 7.29. The van der Waals surface area contributed by atoms with Crippen molar-refractivity contribution in [1.29, 1.82) is 0 Å². The summed E-state index contributed by atoms with van der Waals surface area (Å²) in [5, 5.41) is 2.84. The topological polar surface area (TPSA) is 55.4 Å². The molecule has 0 radical (unpaired) electrons. The van der Waals surface area contributed by atoms with Crippen molar-refractivity contribution < 1.29 is 14.3 Å². The van der Waals surface area contributed by atoms with Crippen molar-refractivity contribution in [1.82, 2.24) is 0 Å². The Labute approximate surface area is 129 Å². The van der Waals surface area contributed by atoms with Gasteiger partial charge in [-0.05, 0) is 31.0 Å². The Balaban J connectivity index is 2.23. The van der Waals surface area contributed by atoms with Crippen molar-refractivity contribution in [2.75, 3.05) is 11.9 Å². The Morgan fingerprint density at radius 1 is 1.18 bits per heavy atom. The fourth-order valence-electron chi connectivity index (χ4n) is 2.80. The predicted molar refractivity (Wildman–Crippen MR) is 84.6 cm³/mol. The molecule has 2 aromatic carbocycles. The van der Waals surface area contributed by atoms with Gasteiger partial charge in [0.2, 0.25) is 5.91 Å². The van der Waals surface area contributed by atoms with Crippen LogP contribution in [0.2, 0.25) is 0 Å². The molecule has 4 nitrogen and oxygen atoms in total. The van der Waals surface area contributed by atoms with Gasteiger partial charge in [0.1, 0.15) is 0 Å². The fraction of sp³-hybridized carbons (Fsp3) is 0.222. The molecule has 0 fully saturated rings. The SMILES string of the molecule is CCOC(=O)C1C(=O)Nc2ccccc2-c2ccc(C)cc21. The molecule has 0 aliphatic carbocycles. The molecule has 3 rings (SSSR count). The molecular weight excluding hydrogens is 278 g/mol. The van der Waals surface area contributed by atoms with Crippen LogP contribution in [0.4, 0.5) is 5.69 Å². The third kappa shape index (κ3) is 2.37. The zero-order valence-electron chi connectivity index (χ0n) is 12.6. The van der Waals surface area contributed by atoms with Crippen molar-refractivity contribution in [3.8, 4) is 11.1 Å². The largest absolute Gasteiger partial charge is 0.465 e. The number of nitrogens with one attached hydrogen (secondary N) is 1. The predicted octanol–water partition coefficient (Wildman–Crippen LogP) is 3.26. The van der Waals surface area contributed by atoms with E-state index in [0.29, 0.717) is 11.3 Å². The molecule has 4 heteroatoms. The third-order valence-corrected chi connectivity index (χ3v) is 3.78. The molecule has 1 unspecified atom stereocenters. The second-order valence-corrected chi connectivity index (χ2v) is 5.31. The zero-order chi connectivity index (χ0) is 15.7. The summed E-state index contributed by atoms with van der Waals surface area (Å²) in [7, 11) is 0. The third-order valence-electron chi connectivity index (χ3n) is 3.78. The molecule has 1 heterocycles. The number of amides is 1. The van der Waals surface area contributed by atoms with Crippen molar-refractivity contribution in [2.45, 2.75) is 19.8 Å². The van der Waals surface area contributed by atoms with Crippen molar-refractivity contribution in [2.24, 2.45) is 0 Å². The number of aryl methyl sites for hydroxylation is 1. The van der Waals surface area contributed by atoms with Gasteiger partial charge in [-0.3, -0.25) is 9.59 Å². The molecule has 1 amide bonds. The normalized spacial score (nSPS) is 16.1. The Morgan fingerprint density at radius 2 is 1.95 bits per heavy atom. The molecule has 0 saturated heterocycles. The van der Waals surface area contributed by atoms with E-state index in [1.807, 2.05) is 49.4 Å². The summed E-state index contributed by atoms with van der Waals surface area (Å²) in [5.41, 5.74) is 4.21. The van der Waals surface area contributed by atoms with Crippen LogP contribution in [0.5, 0.6) is 0 Å². The summed E-state index contributed by atoms with van der Waals surface area (Å²) < 4.78 is 5.10. The van der Waals surface area contributed by atoms with Crippen LogP contribution in [0, 0.1) is 6.92 Å². The first kappa shape index (κ1) is 14.3. The molecule has 0 bridgehead atoms. The lowest BCUT2D eigenvalue weighted by Crippen LogP contribution is -2.28. The molecule has 1 aliphatic rings. The number of carbonyl (C=O) groups excluding carboxylic acids is 2. The zero-order valence-corrected chi connectivity index (χ0v) is 12.6. The highest BCUT2D eigenvalue weighted by Gasteiger charge is 2.35. The van der Waals surface area contributed by atoms with Gasteiger partial charge < -0.3 is 10.1 Å². The molecule has 1 atom stereocenters. The van der Waals surface area contributed by atoms with Crippen LogP contribution in [0.25, 0.3) is 11.1 Å². The molecule has 0 saturated carbocycles. The number of benzene rings is 2. The van der Waals surface area contributed by atoms with Gasteiger partial charge in [-0.25, -0.2) is 0 Å². The van der Waals surface area contributed by atoms with E-state index in [2.05, 4.69) is 5.32 Å². The van der Waals surface area contributed by atoms with Crippen molar-refractivity contribution >= 4 is 17.6 Å². The Morgan fingerprint density at radius 3 is 2.73 bits per heavy atom. The van der Waals surface area contributed by atoms with E-state index in [-0.39, 0.29) is 12.5 Å². The van der Waals surface area contributed by atoms with E-state index in [0.717, 1.165) is 16.7 Å². The summed E-state index contributed by atoms with van der Waals surface area (Å²) in [5.74, 6) is -1.81. The van der Waals surface area contributed by atoms with E-state index in [4.69, 9.17) is 4.74 Å². The Bertz CT molecular complexity index is 752. The van der Waals surface area contributed by atoms with E-state index in [9.17, 15) is 9.59 Å². The summed E-state index contributed by atoms with van der Waals surface area (Å²) >= 11 is 0. The highest BCUT2D eigenvalue weighted by molar-refractivity contribution is 6.13. The maximum Gasteiger partial charge on any atom is 0.323 e. The Hall–Kier alpha value is -2.62. The van der Waals surface area contributed by atoms with Gasteiger partial charge in [0, 0.05) is 11.3 Å². The monoisotopic (exact) mass is 295 g/mol. The van der Waals surface area contributed by atoms with Crippen molar-refractivity contribution in [3.05, 3.63) is 53.6 Å². The number of para-hydroxylation sites is 1. The second kappa shape index (κ2) is 5.64. The van der Waals surface area contributed by atoms with Crippen LogP contribution in [-0.2, 0) is 14.3 Å². The number of hydrogen-bond acceptors (Lipinski definition) is 3. The first-order valence-corrected chi connectivity index (χ1v) is 7.29. The average Bonchev–Trinajstić information content (AvgIpc) is 2.60. The lowest BCUT2D eigenvalue weighted by atomic mass is 9.90. The van der Waals surface area contributed by atoms with Crippen LogP contribution in [0.1, 0.15) is 24.0 Å². The second-order valence-electron chi connectivity index (χ2n) is 5.31. The minimum Gasteiger partial charge on any atom is -0.465 e. The first-order chi connectivity index (χ1) is 10.6. The molecular formula is C18H17NO3. The molecule has 1 aliphatic heterocycles. The van der Waals surface area contributed by atoms with Gasteiger partial charge in [0.15, 0.2) is 5.92 Å². The summed E-state index contributed by atoms with van der Waals surface area (Å²) in [4.78, 5) is 24.9. The lowest BCUT2D eigenvalue weighted by Gasteiger charge is -2.15. The quantitative estimate of drug-likeness (QED) is 0.683. The average molecular weight is 295 g/mol. The number of carbonyl (C=O) groups is 2. The maximum atomic E-state index is 12.6. The number of anilines is 1. The smallest absolute Gasteiger partial charge is 0.323 e. The molecule has 1 N–H and O–H groups in total. The van der Waals surface area contributed by atoms with Gasteiger partial charge in [-0.15, -0.1) is 0 Å². The molecule has 0 aromatic heterocycles. The highest BCUT2D eigenvalue weighted by atomic mass is 16.5. The number of esters is 1. The van der Waals surface area contributed by atoms with Crippen LogP contribution in [0.3, 0.4) is 0 Å². The van der Waals surface area contributed by atoms with Gasteiger partial charge in [0.05, 0.1) is 6.61 Å². The fourth-order valence-corrected chi connectivity index (χ4v) is 2.80. The van der Waals surface area contributed by atoms with Crippen molar-refractivity contribution in [3.63, 3.8) is 0 Å². The minimum atomic E-state index is -0.942. The molecule has 22 heavy (non-hydrogen) atoms.